The highest BCUT2D eigenvalue weighted by molar-refractivity contribution is 5.54. The number of benzene rings is 2. The lowest BCUT2D eigenvalue weighted by atomic mass is 9.88. The zero-order valence-corrected chi connectivity index (χ0v) is 24.6. The normalized spacial score (nSPS) is 21.3. The van der Waals surface area contributed by atoms with E-state index in [2.05, 4.69) is 36.0 Å². The van der Waals surface area contributed by atoms with Gasteiger partial charge in [0.25, 0.3) is 0 Å². The summed E-state index contributed by atoms with van der Waals surface area (Å²) in [5.41, 5.74) is 5.18. The Balaban J connectivity index is 1.71. The summed E-state index contributed by atoms with van der Waals surface area (Å²) >= 11 is 0. The van der Waals surface area contributed by atoms with Gasteiger partial charge in [-0.2, -0.15) is 0 Å². The highest BCUT2D eigenvalue weighted by Gasteiger charge is 2.35. The van der Waals surface area contributed by atoms with Crippen LogP contribution in [-0.4, -0.2) is 64.6 Å². The molecule has 0 spiro atoms. The van der Waals surface area contributed by atoms with Crippen LogP contribution in [-0.2, 0) is 22.3 Å². The van der Waals surface area contributed by atoms with Gasteiger partial charge in [0.15, 0.2) is 34.5 Å². The molecule has 5 rings (SSSR count). The van der Waals surface area contributed by atoms with Crippen molar-refractivity contribution in [3.63, 3.8) is 0 Å². The van der Waals surface area contributed by atoms with E-state index in [1.807, 2.05) is 31.3 Å². The van der Waals surface area contributed by atoms with Gasteiger partial charge < -0.3 is 34.1 Å². The molecular weight excluding hydrogens is 520 g/mol. The van der Waals surface area contributed by atoms with Gasteiger partial charge in [-0.05, 0) is 86.9 Å². The van der Waals surface area contributed by atoms with E-state index < -0.39 is 0 Å². The van der Waals surface area contributed by atoms with Crippen molar-refractivity contribution in [3.8, 4) is 23.0 Å². The van der Waals surface area contributed by atoms with Crippen LogP contribution in [0.2, 0.25) is 0 Å². The molecule has 2 aromatic rings. The van der Waals surface area contributed by atoms with Crippen LogP contribution in [0.15, 0.2) is 77.5 Å². The number of hydrogen-bond donors (Lipinski definition) is 2. The fourth-order valence-corrected chi connectivity index (χ4v) is 5.59. The van der Waals surface area contributed by atoms with E-state index in [9.17, 15) is 5.11 Å². The Morgan fingerprint density at radius 2 is 2.00 bits per heavy atom. The Morgan fingerprint density at radius 3 is 2.68 bits per heavy atom. The monoisotopic (exact) mass is 560 g/mol. The number of hydrogen-bond acceptors (Lipinski definition) is 8. The number of phenolic OH excluding ortho intramolecular Hbond substituents is 1. The predicted octanol–water partition coefficient (Wildman–Crippen LogP) is 5.20. The van der Waals surface area contributed by atoms with Crippen LogP contribution in [0.3, 0.4) is 0 Å². The van der Waals surface area contributed by atoms with E-state index in [4.69, 9.17) is 23.7 Å². The van der Waals surface area contributed by atoms with E-state index in [0.29, 0.717) is 40.9 Å². The fourth-order valence-electron chi connectivity index (χ4n) is 5.59. The molecule has 1 aliphatic carbocycles. The molecule has 2 atom stereocenters. The molecule has 0 saturated heterocycles. The Hall–Kier alpha value is -3.88. The minimum atomic E-state index is -0.360. The minimum Gasteiger partial charge on any atom is -0.504 e. The number of nitrogens with one attached hydrogen (secondary N) is 1. The molecule has 218 valence electrons. The number of nitrogens with zero attached hydrogens (tertiary/aromatic N) is 1. The van der Waals surface area contributed by atoms with Crippen molar-refractivity contribution in [2.45, 2.75) is 37.8 Å². The van der Waals surface area contributed by atoms with Crippen molar-refractivity contribution in [1.29, 1.82) is 0 Å². The van der Waals surface area contributed by atoms with Gasteiger partial charge in [-0.25, -0.2) is 0 Å². The topological polar surface area (TPSA) is 81.7 Å². The first-order valence-electron chi connectivity index (χ1n) is 14.0. The molecule has 2 heterocycles. The maximum absolute atomic E-state index is 10.7. The smallest absolute Gasteiger partial charge is 0.204 e. The summed E-state index contributed by atoms with van der Waals surface area (Å²) in [6.45, 7) is 5.90. The van der Waals surface area contributed by atoms with Crippen LogP contribution in [0.1, 0.15) is 35.6 Å². The van der Waals surface area contributed by atoms with Crippen LogP contribution < -0.4 is 19.5 Å². The number of phenols is 1. The molecule has 2 aromatic carbocycles. The highest BCUT2D eigenvalue weighted by atomic mass is 16.6. The molecule has 3 aliphatic rings. The third kappa shape index (κ3) is 5.80. The zero-order chi connectivity index (χ0) is 29.1. The molecule has 8 heteroatoms. The van der Waals surface area contributed by atoms with Gasteiger partial charge in [0.05, 0.1) is 21.3 Å². The van der Waals surface area contributed by atoms with Crippen molar-refractivity contribution >= 4 is 0 Å². The Bertz CT molecular complexity index is 1410. The Morgan fingerprint density at radius 1 is 1.17 bits per heavy atom. The molecule has 0 aromatic heterocycles. The molecule has 41 heavy (non-hydrogen) atoms. The zero-order valence-electron chi connectivity index (χ0n) is 24.6. The van der Waals surface area contributed by atoms with E-state index in [-0.39, 0.29) is 17.9 Å². The summed E-state index contributed by atoms with van der Waals surface area (Å²) in [6.07, 6.45) is 6.62. The average molecular weight is 561 g/mol. The van der Waals surface area contributed by atoms with Crippen LogP contribution in [0.4, 0.5) is 0 Å². The SMILES string of the molecule is C=C(/C=C(/OC)C(OC)=C1Oc2cc3c(cc2OC)CCN(C)C3Cc2ccc(O)c(c2)O[C@H]2CC=C12)CCNC. The van der Waals surface area contributed by atoms with Gasteiger partial charge in [-0.1, -0.05) is 24.3 Å². The molecular formula is C33H40N2O6. The number of likely N-dealkylation sites (N-methyl/N-ethyl adjacent to an activating group) is 1. The van der Waals surface area contributed by atoms with Crippen LogP contribution in [0.5, 0.6) is 23.0 Å². The predicted molar refractivity (Wildman–Crippen MR) is 158 cm³/mol. The van der Waals surface area contributed by atoms with Crippen molar-refractivity contribution in [2.75, 3.05) is 48.5 Å². The standard InChI is InChI=1S/C33H40N2O6/c1-20(11-13-34-2)15-31(38-5)33(39-6)32-23-8-10-27(23)40-28-17-21(7-9-26(28)36)16-25-24-19-30(41-32)29(37-4)18-22(24)12-14-35(25)3/h7-9,15,17-19,25,27,34,36H,1,10-14,16H2,2-6H3/b31-15+,33-32?/t25?,27-/m0/s1. The summed E-state index contributed by atoms with van der Waals surface area (Å²) in [7, 11) is 8.90. The molecule has 0 amide bonds. The highest BCUT2D eigenvalue weighted by Crippen LogP contribution is 2.44. The number of ether oxygens (including phenoxy) is 5. The summed E-state index contributed by atoms with van der Waals surface area (Å²) < 4.78 is 30.8. The van der Waals surface area contributed by atoms with Crippen LogP contribution in [0.25, 0.3) is 0 Å². The quantitative estimate of drug-likeness (QED) is 0.337. The third-order valence-corrected chi connectivity index (χ3v) is 8.03. The first-order valence-corrected chi connectivity index (χ1v) is 14.0. The van der Waals surface area contributed by atoms with E-state index in [1.54, 1.807) is 27.4 Å². The van der Waals surface area contributed by atoms with Crippen molar-refractivity contribution in [2.24, 2.45) is 0 Å². The van der Waals surface area contributed by atoms with Gasteiger partial charge in [-0.3, -0.25) is 4.90 Å². The molecule has 0 saturated carbocycles. The number of allylic oxidation sites excluding steroid dienone is 1. The first kappa shape index (κ1) is 28.6. The molecule has 2 N–H and O–H groups in total. The summed E-state index contributed by atoms with van der Waals surface area (Å²) in [5, 5.41) is 13.9. The Labute approximate surface area is 242 Å². The van der Waals surface area contributed by atoms with Crippen molar-refractivity contribution < 1.29 is 28.8 Å². The largest absolute Gasteiger partial charge is 0.504 e. The molecule has 8 nitrogen and oxygen atoms in total. The second-order valence-corrected chi connectivity index (χ2v) is 10.6. The second kappa shape index (κ2) is 12.3. The molecule has 1 unspecified atom stereocenters. The van der Waals surface area contributed by atoms with Gasteiger partial charge in [0, 0.05) is 24.6 Å². The van der Waals surface area contributed by atoms with Crippen molar-refractivity contribution in [1.82, 2.24) is 10.2 Å². The lowest BCUT2D eigenvalue weighted by Crippen LogP contribution is -2.33. The third-order valence-electron chi connectivity index (χ3n) is 8.03. The number of rotatable bonds is 8. The average Bonchev–Trinajstić information content (AvgIpc) is 2.96. The van der Waals surface area contributed by atoms with Gasteiger partial charge in [-0.15, -0.1) is 0 Å². The molecule has 0 radical (unpaired) electrons. The van der Waals surface area contributed by atoms with E-state index in [1.165, 1.54) is 11.1 Å². The van der Waals surface area contributed by atoms with Crippen LogP contribution >= 0.6 is 0 Å². The molecule has 0 fully saturated rings. The summed E-state index contributed by atoms with van der Waals surface area (Å²) in [4.78, 5) is 2.36. The second-order valence-electron chi connectivity index (χ2n) is 10.6. The van der Waals surface area contributed by atoms with E-state index >= 15 is 0 Å². The van der Waals surface area contributed by atoms with Crippen LogP contribution in [0, 0.1) is 0 Å². The Kier molecular flexibility index (Phi) is 8.61. The minimum absolute atomic E-state index is 0.103. The number of fused-ring (bicyclic) bond motifs is 4. The fraction of sp³-hybridized carbons (Fsp3) is 0.394. The molecule has 2 aliphatic heterocycles. The lowest BCUT2D eigenvalue weighted by molar-refractivity contribution is 0.183. The van der Waals surface area contributed by atoms with E-state index in [0.717, 1.165) is 49.1 Å². The van der Waals surface area contributed by atoms with Gasteiger partial charge >= 0.3 is 0 Å². The van der Waals surface area contributed by atoms with Crippen molar-refractivity contribution in [3.05, 3.63) is 94.2 Å². The summed E-state index contributed by atoms with van der Waals surface area (Å²) in [6, 6.07) is 9.92. The maximum Gasteiger partial charge on any atom is 0.204 e. The van der Waals surface area contributed by atoms with Gasteiger partial charge in [0.1, 0.15) is 6.10 Å². The number of aromatic hydroxyl groups is 1. The van der Waals surface area contributed by atoms with Gasteiger partial charge in [0.2, 0.25) is 5.76 Å². The molecule has 4 bridgehead atoms. The number of methoxy groups -OCH3 is 3. The lowest BCUT2D eigenvalue weighted by Gasteiger charge is -2.35. The first-order chi connectivity index (χ1) is 19.9. The summed E-state index contributed by atoms with van der Waals surface area (Å²) in [5.74, 6) is 3.14. The maximum atomic E-state index is 10.7.